The standard InChI is InChI=1S/C20H38O/c1-17(2)9-6-10-18(3)11-7-12-19(4)13-8-14-20(5)15-16-21/h8,13,15,17-19,21H,6-7,9-12,14,16H2,1-5H3. The molecule has 0 radical (unpaired) electrons. The third-order valence-electron chi connectivity index (χ3n) is 4.18. The molecular formula is C20H38O. The Kier molecular flexibility index (Phi) is 12.8. The lowest BCUT2D eigenvalue weighted by atomic mass is 9.93. The van der Waals surface area contributed by atoms with Crippen molar-refractivity contribution in [2.45, 2.75) is 79.6 Å². The fourth-order valence-corrected chi connectivity index (χ4v) is 2.63. The molecule has 0 amide bonds. The van der Waals surface area contributed by atoms with E-state index in [1.165, 1.54) is 44.1 Å². The number of hydrogen-bond donors (Lipinski definition) is 1. The Balaban J connectivity index is 3.66. The SMILES string of the molecule is CC(=CCO)CC=CC(C)CCCC(C)CCCC(C)C. The molecule has 124 valence electrons. The van der Waals surface area contributed by atoms with E-state index in [-0.39, 0.29) is 6.61 Å². The number of aliphatic hydroxyl groups excluding tert-OH is 1. The summed E-state index contributed by atoms with van der Waals surface area (Å²) in [5, 5.41) is 8.80. The summed E-state index contributed by atoms with van der Waals surface area (Å²) in [5.74, 6) is 2.41. The van der Waals surface area contributed by atoms with E-state index >= 15 is 0 Å². The summed E-state index contributed by atoms with van der Waals surface area (Å²) in [6.45, 7) is 11.6. The second kappa shape index (κ2) is 13.1. The van der Waals surface area contributed by atoms with Crippen molar-refractivity contribution in [1.82, 2.24) is 0 Å². The molecule has 2 unspecified atom stereocenters. The van der Waals surface area contributed by atoms with Crippen LogP contribution in [0.2, 0.25) is 0 Å². The zero-order chi connectivity index (χ0) is 16.1. The summed E-state index contributed by atoms with van der Waals surface area (Å²) in [4.78, 5) is 0. The Labute approximate surface area is 133 Å². The first-order valence-corrected chi connectivity index (χ1v) is 8.88. The van der Waals surface area contributed by atoms with Crippen molar-refractivity contribution < 1.29 is 5.11 Å². The van der Waals surface area contributed by atoms with E-state index in [0.29, 0.717) is 5.92 Å². The molecule has 0 aromatic carbocycles. The molecular weight excluding hydrogens is 256 g/mol. The van der Waals surface area contributed by atoms with E-state index in [1.54, 1.807) is 0 Å². The topological polar surface area (TPSA) is 20.2 Å². The van der Waals surface area contributed by atoms with Crippen molar-refractivity contribution in [3.8, 4) is 0 Å². The van der Waals surface area contributed by atoms with Gasteiger partial charge in [0.2, 0.25) is 0 Å². The molecule has 0 aromatic rings. The normalized spacial score (nSPS) is 15.9. The van der Waals surface area contributed by atoms with Gasteiger partial charge in [0.1, 0.15) is 0 Å². The van der Waals surface area contributed by atoms with Crippen LogP contribution in [0.5, 0.6) is 0 Å². The molecule has 0 fully saturated rings. The number of rotatable bonds is 12. The Morgan fingerprint density at radius 1 is 0.952 bits per heavy atom. The van der Waals surface area contributed by atoms with Crippen molar-refractivity contribution in [3.05, 3.63) is 23.8 Å². The van der Waals surface area contributed by atoms with Gasteiger partial charge in [0.25, 0.3) is 0 Å². The Hall–Kier alpha value is -0.560. The molecule has 1 nitrogen and oxygen atoms in total. The average molecular weight is 295 g/mol. The molecule has 0 saturated heterocycles. The van der Waals surface area contributed by atoms with Crippen LogP contribution in [0, 0.1) is 17.8 Å². The monoisotopic (exact) mass is 294 g/mol. The van der Waals surface area contributed by atoms with Crippen LogP contribution < -0.4 is 0 Å². The summed E-state index contributed by atoms with van der Waals surface area (Å²) in [7, 11) is 0. The van der Waals surface area contributed by atoms with E-state index < -0.39 is 0 Å². The van der Waals surface area contributed by atoms with Crippen LogP contribution >= 0.6 is 0 Å². The van der Waals surface area contributed by atoms with E-state index in [2.05, 4.69) is 46.8 Å². The van der Waals surface area contributed by atoms with Gasteiger partial charge in [0.15, 0.2) is 0 Å². The van der Waals surface area contributed by atoms with Crippen molar-refractivity contribution in [2.75, 3.05) is 6.61 Å². The zero-order valence-corrected chi connectivity index (χ0v) is 15.1. The van der Waals surface area contributed by atoms with Gasteiger partial charge in [-0.3, -0.25) is 0 Å². The van der Waals surface area contributed by atoms with Crippen LogP contribution in [0.15, 0.2) is 23.8 Å². The van der Waals surface area contributed by atoms with Gasteiger partial charge >= 0.3 is 0 Å². The molecule has 1 N–H and O–H groups in total. The minimum atomic E-state index is 0.157. The lowest BCUT2D eigenvalue weighted by Crippen LogP contribution is -1.98. The van der Waals surface area contributed by atoms with Crippen LogP contribution in [-0.2, 0) is 0 Å². The van der Waals surface area contributed by atoms with Gasteiger partial charge in [-0.25, -0.2) is 0 Å². The Morgan fingerprint density at radius 3 is 2.14 bits per heavy atom. The van der Waals surface area contributed by atoms with Crippen LogP contribution in [0.4, 0.5) is 0 Å². The highest BCUT2D eigenvalue weighted by Gasteiger charge is 2.04. The van der Waals surface area contributed by atoms with Gasteiger partial charge in [-0.15, -0.1) is 0 Å². The molecule has 0 spiro atoms. The summed E-state index contributed by atoms with van der Waals surface area (Å²) in [6, 6.07) is 0. The molecule has 21 heavy (non-hydrogen) atoms. The molecule has 0 saturated carbocycles. The van der Waals surface area contributed by atoms with Crippen molar-refractivity contribution in [3.63, 3.8) is 0 Å². The largest absolute Gasteiger partial charge is 0.392 e. The van der Waals surface area contributed by atoms with Crippen LogP contribution in [0.1, 0.15) is 79.6 Å². The zero-order valence-electron chi connectivity index (χ0n) is 15.1. The second-order valence-corrected chi connectivity index (χ2v) is 7.20. The van der Waals surface area contributed by atoms with Crippen molar-refractivity contribution in [2.24, 2.45) is 17.8 Å². The fraction of sp³-hybridized carbons (Fsp3) is 0.800. The minimum Gasteiger partial charge on any atom is -0.392 e. The van der Waals surface area contributed by atoms with Gasteiger partial charge < -0.3 is 5.11 Å². The third-order valence-corrected chi connectivity index (χ3v) is 4.18. The minimum absolute atomic E-state index is 0.157. The summed E-state index contributed by atoms with van der Waals surface area (Å²) in [5.41, 5.74) is 1.25. The quantitative estimate of drug-likeness (QED) is 0.429. The van der Waals surface area contributed by atoms with Crippen LogP contribution in [0.25, 0.3) is 0 Å². The highest BCUT2D eigenvalue weighted by atomic mass is 16.2. The molecule has 0 aromatic heterocycles. The van der Waals surface area contributed by atoms with Crippen LogP contribution in [0.3, 0.4) is 0 Å². The molecule has 0 bridgehead atoms. The first-order valence-electron chi connectivity index (χ1n) is 8.88. The van der Waals surface area contributed by atoms with E-state index in [0.717, 1.165) is 18.3 Å². The first kappa shape index (κ1) is 20.4. The molecule has 2 atom stereocenters. The van der Waals surface area contributed by atoms with Crippen LogP contribution in [-0.4, -0.2) is 11.7 Å². The fourth-order valence-electron chi connectivity index (χ4n) is 2.63. The van der Waals surface area contributed by atoms with Crippen molar-refractivity contribution in [1.29, 1.82) is 0 Å². The first-order chi connectivity index (χ1) is 9.95. The van der Waals surface area contributed by atoms with E-state index in [1.807, 2.05) is 6.08 Å². The highest BCUT2D eigenvalue weighted by molar-refractivity contribution is 5.05. The number of hydrogen-bond acceptors (Lipinski definition) is 1. The van der Waals surface area contributed by atoms with E-state index in [4.69, 9.17) is 5.11 Å². The summed E-state index contributed by atoms with van der Waals surface area (Å²) in [6.07, 6.45) is 15.6. The Bertz CT molecular complexity index is 288. The van der Waals surface area contributed by atoms with Crippen molar-refractivity contribution >= 4 is 0 Å². The van der Waals surface area contributed by atoms with E-state index in [9.17, 15) is 0 Å². The number of allylic oxidation sites excluding steroid dienone is 3. The maximum absolute atomic E-state index is 8.80. The molecule has 0 aliphatic carbocycles. The van der Waals surface area contributed by atoms with Gasteiger partial charge in [0, 0.05) is 0 Å². The maximum Gasteiger partial charge on any atom is 0.0615 e. The molecule has 0 aliphatic heterocycles. The average Bonchev–Trinajstić information content (AvgIpc) is 2.38. The number of aliphatic hydroxyl groups is 1. The molecule has 1 heteroatoms. The van der Waals surface area contributed by atoms with Gasteiger partial charge in [-0.05, 0) is 37.5 Å². The summed E-state index contributed by atoms with van der Waals surface area (Å²) < 4.78 is 0. The third kappa shape index (κ3) is 14.2. The predicted octanol–water partition coefficient (Wildman–Crippen LogP) is 6.14. The van der Waals surface area contributed by atoms with Gasteiger partial charge in [-0.2, -0.15) is 0 Å². The van der Waals surface area contributed by atoms with Gasteiger partial charge in [0.05, 0.1) is 6.61 Å². The molecule has 0 rings (SSSR count). The predicted molar refractivity (Wildman–Crippen MR) is 95.5 cm³/mol. The lowest BCUT2D eigenvalue weighted by molar-refractivity contribution is 0.341. The second-order valence-electron chi connectivity index (χ2n) is 7.20. The highest BCUT2D eigenvalue weighted by Crippen LogP contribution is 2.19. The Morgan fingerprint density at radius 2 is 1.57 bits per heavy atom. The maximum atomic E-state index is 8.80. The molecule has 0 aliphatic rings. The summed E-state index contributed by atoms with van der Waals surface area (Å²) >= 11 is 0. The smallest absolute Gasteiger partial charge is 0.0615 e. The molecule has 0 heterocycles. The lowest BCUT2D eigenvalue weighted by Gasteiger charge is -2.13. The van der Waals surface area contributed by atoms with Gasteiger partial charge in [-0.1, -0.05) is 83.6 Å².